The molecule has 0 saturated heterocycles. The largest absolute Gasteiger partial charge is 0.465 e. The summed E-state index contributed by atoms with van der Waals surface area (Å²) in [4.78, 5) is 33.4. The zero-order chi connectivity index (χ0) is 15.0. The van der Waals surface area contributed by atoms with Crippen molar-refractivity contribution in [3.8, 4) is 0 Å². The average Bonchev–Trinajstić information content (AvgIpc) is 2.32. The highest BCUT2D eigenvalue weighted by atomic mass is 16.4. The van der Waals surface area contributed by atoms with E-state index in [0.29, 0.717) is 0 Å². The van der Waals surface area contributed by atoms with Crippen molar-refractivity contribution in [3.63, 3.8) is 0 Å². The lowest BCUT2D eigenvalue weighted by Crippen LogP contribution is -2.52. The van der Waals surface area contributed by atoms with Crippen molar-refractivity contribution in [3.05, 3.63) is 0 Å². The Hall–Kier alpha value is -1.83. The van der Waals surface area contributed by atoms with Crippen molar-refractivity contribution < 1.29 is 19.5 Å². The molecule has 0 aromatic heterocycles. The summed E-state index contributed by atoms with van der Waals surface area (Å²) in [6.07, 6.45) is -1.15. The van der Waals surface area contributed by atoms with Gasteiger partial charge in [0, 0.05) is 13.1 Å². The molecule has 0 saturated carbocycles. The van der Waals surface area contributed by atoms with Crippen LogP contribution in [0.1, 0.15) is 20.8 Å². The Morgan fingerprint density at radius 1 is 1.05 bits per heavy atom. The normalized spacial score (nSPS) is 13.5. The molecule has 0 heterocycles. The van der Waals surface area contributed by atoms with E-state index in [2.05, 4.69) is 16.0 Å². The molecule has 0 fully saturated rings. The average molecular weight is 274 g/mol. The first kappa shape index (κ1) is 17.2. The van der Waals surface area contributed by atoms with E-state index in [1.165, 1.54) is 6.92 Å². The van der Waals surface area contributed by atoms with Crippen LogP contribution in [-0.2, 0) is 9.59 Å². The van der Waals surface area contributed by atoms with Gasteiger partial charge in [-0.15, -0.1) is 0 Å². The molecule has 3 amide bonds. The van der Waals surface area contributed by atoms with Crippen LogP contribution in [0.2, 0.25) is 0 Å². The minimum atomic E-state index is -1.15. The van der Waals surface area contributed by atoms with Gasteiger partial charge in [0.25, 0.3) is 0 Å². The Balaban J connectivity index is 4.00. The summed E-state index contributed by atoms with van der Waals surface area (Å²) in [7, 11) is 0. The molecule has 0 aromatic rings. The zero-order valence-electron chi connectivity index (χ0n) is 11.4. The second-order valence-electron chi connectivity index (χ2n) is 4.52. The molecule has 2 unspecified atom stereocenters. The molecule has 6 N–H and O–H groups in total. The number of carboxylic acid groups (broad SMARTS) is 1. The molecule has 8 nitrogen and oxygen atoms in total. The standard InChI is InChI=1S/C11H22N4O4/c1-6(2)8(12)10(17)15-7(3)9(16)13-4-5-14-11(18)19/h6-8,14H,4-5,12H2,1-3H3,(H,13,16)(H,15,17)(H,18,19). The van der Waals surface area contributed by atoms with Crippen LogP contribution in [0, 0.1) is 5.92 Å². The van der Waals surface area contributed by atoms with Crippen molar-refractivity contribution in [1.29, 1.82) is 0 Å². The molecule has 0 bridgehead atoms. The van der Waals surface area contributed by atoms with E-state index in [0.717, 1.165) is 0 Å². The van der Waals surface area contributed by atoms with Gasteiger partial charge in [-0.3, -0.25) is 9.59 Å². The minimum Gasteiger partial charge on any atom is -0.465 e. The fraction of sp³-hybridized carbons (Fsp3) is 0.727. The van der Waals surface area contributed by atoms with Crippen molar-refractivity contribution in [1.82, 2.24) is 16.0 Å². The van der Waals surface area contributed by atoms with E-state index in [4.69, 9.17) is 10.8 Å². The van der Waals surface area contributed by atoms with Crippen LogP contribution >= 0.6 is 0 Å². The van der Waals surface area contributed by atoms with Crippen LogP contribution in [0.25, 0.3) is 0 Å². The number of hydrogen-bond donors (Lipinski definition) is 5. The van der Waals surface area contributed by atoms with Gasteiger partial charge in [0.15, 0.2) is 0 Å². The summed E-state index contributed by atoms with van der Waals surface area (Å²) < 4.78 is 0. The van der Waals surface area contributed by atoms with Gasteiger partial charge < -0.3 is 26.8 Å². The molecular formula is C11H22N4O4. The maximum absolute atomic E-state index is 11.6. The highest BCUT2D eigenvalue weighted by molar-refractivity contribution is 5.89. The van der Waals surface area contributed by atoms with Gasteiger partial charge in [0.1, 0.15) is 6.04 Å². The fourth-order valence-corrected chi connectivity index (χ4v) is 1.19. The van der Waals surface area contributed by atoms with Gasteiger partial charge in [-0.05, 0) is 12.8 Å². The maximum Gasteiger partial charge on any atom is 0.404 e. The minimum absolute atomic E-state index is 0.0185. The summed E-state index contributed by atoms with van der Waals surface area (Å²) in [5.74, 6) is -0.798. The van der Waals surface area contributed by atoms with Crippen molar-refractivity contribution >= 4 is 17.9 Å². The predicted octanol–water partition coefficient (Wildman–Crippen LogP) is -1.14. The van der Waals surface area contributed by atoms with Crippen LogP contribution in [-0.4, -0.2) is 48.2 Å². The zero-order valence-corrected chi connectivity index (χ0v) is 11.4. The second kappa shape index (κ2) is 8.30. The molecule has 0 aliphatic carbocycles. The van der Waals surface area contributed by atoms with E-state index in [1.54, 1.807) is 0 Å². The monoisotopic (exact) mass is 274 g/mol. The molecule has 2 atom stereocenters. The third kappa shape index (κ3) is 7.24. The first-order chi connectivity index (χ1) is 8.75. The lowest BCUT2D eigenvalue weighted by atomic mass is 10.0. The van der Waals surface area contributed by atoms with Gasteiger partial charge in [-0.25, -0.2) is 4.79 Å². The predicted molar refractivity (Wildman–Crippen MR) is 69.5 cm³/mol. The van der Waals surface area contributed by atoms with Gasteiger partial charge >= 0.3 is 6.09 Å². The first-order valence-corrected chi connectivity index (χ1v) is 6.06. The van der Waals surface area contributed by atoms with Crippen molar-refractivity contribution in [2.45, 2.75) is 32.9 Å². The lowest BCUT2D eigenvalue weighted by molar-refractivity contribution is -0.129. The molecule has 0 radical (unpaired) electrons. The summed E-state index contributed by atoms with van der Waals surface area (Å²) in [5.41, 5.74) is 5.64. The number of carbonyl (C=O) groups is 3. The highest BCUT2D eigenvalue weighted by Gasteiger charge is 2.21. The van der Waals surface area contributed by atoms with Crippen LogP contribution in [0.15, 0.2) is 0 Å². The number of carbonyl (C=O) groups excluding carboxylic acids is 2. The van der Waals surface area contributed by atoms with E-state index >= 15 is 0 Å². The Labute approximate surface area is 112 Å². The molecule has 0 aliphatic rings. The summed E-state index contributed by atoms with van der Waals surface area (Å²) >= 11 is 0. The Morgan fingerprint density at radius 2 is 1.58 bits per heavy atom. The van der Waals surface area contributed by atoms with E-state index in [1.807, 2.05) is 13.8 Å². The molecule has 0 aromatic carbocycles. The number of nitrogens with one attached hydrogen (secondary N) is 3. The van der Waals surface area contributed by atoms with Crippen LogP contribution < -0.4 is 21.7 Å². The van der Waals surface area contributed by atoms with E-state index in [9.17, 15) is 14.4 Å². The second-order valence-corrected chi connectivity index (χ2v) is 4.52. The van der Waals surface area contributed by atoms with Crippen molar-refractivity contribution in [2.24, 2.45) is 11.7 Å². The van der Waals surface area contributed by atoms with Gasteiger partial charge in [0.2, 0.25) is 11.8 Å². The van der Waals surface area contributed by atoms with Crippen LogP contribution in [0.4, 0.5) is 4.79 Å². The first-order valence-electron chi connectivity index (χ1n) is 6.06. The summed E-state index contributed by atoms with van der Waals surface area (Å²) in [6.45, 7) is 5.42. The number of nitrogens with two attached hydrogens (primary N) is 1. The molecule has 19 heavy (non-hydrogen) atoms. The molecule has 0 spiro atoms. The van der Waals surface area contributed by atoms with Crippen LogP contribution in [0.5, 0.6) is 0 Å². The smallest absolute Gasteiger partial charge is 0.404 e. The fourth-order valence-electron chi connectivity index (χ4n) is 1.19. The number of hydrogen-bond acceptors (Lipinski definition) is 4. The molecule has 8 heteroatoms. The Kier molecular flexibility index (Phi) is 7.50. The Bertz CT molecular complexity index is 333. The number of amides is 3. The number of rotatable bonds is 7. The quantitative estimate of drug-likeness (QED) is 0.374. The third-order valence-electron chi connectivity index (χ3n) is 2.47. The topological polar surface area (TPSA) is 134 Å². The van der Waals surface area contributed by atoms with Gasteiger partial charge in [-0.2, -0.15) is 0 Å². The van der Waals surface area contributed by atoms with Crippen molar-refractivity contribution in [2.75, 3.05) is 13.1 Å². The lowest BCUT2D eigenvalue weighted by Gasteiger charge is -2.19. The summed E-state index contributed by atoms with van der Waals surface area (Å²) in [6, 6.07) is -1.38. The summed E-state index contributed by atoms with van der Waals surface area (Å²) in [5, 5.41) is 15.4. The van der Waals surface area contributed by atoms with E-state index < -0.39 is 24.1 Å². The third-order valence-corrected chi connectivity index (χ3v) is 2.47. The maximum atomic E-state index is 11.6. The SMILES string of the molecule is CC(NC(=O)C(N)C(C)C)C(=O)NCCNC(=O)O. The molecule has 0 rings (SSSR count). The molecular weight excluding hydrogens is 252 g/mol. The Morgan fingerprint density at radius 3 is 2.05 bits per heavy atom. The van der Waals surface area contributed by atoms with Crippen LogP contribution in [0.3, 0.4) is 0 Å². The van der Waals surface area contributed by atoms with Gasteiger partial charge in [0.05, 0.1) is 6.04 Å². The van der Waals surface area contributed by atoms with Gasteiger partial charge in [-0.1, -0.05) is 13.8 Å². The molecule has 110 valence electrons. The highest BCUT2D eigenvalue weighted by Crippen LogP contribution is 1.98. The molecule has 0 aliphatic heterocycles. The van der Waals surface area contributed by atoms with E-state index in [-0.39, 0.29) is 24.9 Å².